The monoisotopic (exact) mass is 278 g/mol. The van der Waals surface area contributed by atoms with Crippen molar-refractivity contribution in [3.63, 3.8) is 0 Å². The maximum absolute atomic E-state index is 12.9. The van der Waals surface area contributed by atoms with Gasteiger partial charge in [0.2, 0.25) is 0 Å². The van der Waals surface area contributed by atoms with Gasteiger partial charge < -0.3 is 4.74 Å². The third-order valence-corrected chi connectivity index (χ3v) is 4.29. The van der Waals surface area contributed by atoms with Gasteiger partial charge in [0.05, 0.1) is 0 Å². The first-order valence-electron chi connectivity index (χ1n) is 7.47. The highest BCUT2D eigenvalue weighted by Crippen LogP contribution is 2.36. The number of ether oxygens (including phenoxy) is 1. The molecule has 20 heavy (non-hydrogen) atoms. The Morgan fingerprint density at radius 3 is 2.45 bits per heavy atom. The highest BCUT2D eigenvalue weighted by Gasteiger charge is 2.41. The van der Waals surface area contributed by atoms with Gasteiger partial charge >= 0.3 is 0 Å². The molecule has 0 saturated heterocycles. The Morgan fingerprint density at radius 2 is 1.90 bits per heavy atom. The number of carbonyl (C=O) groups excluding carboxylic acids is 1. The van der Waals surface area contributed by atoms with Gasteiger partial charge in [0.15, 0.2) is 5.78 Å². The Hall–Kier alpha value is -1.22. The molecule has 2 rings (SSSR count). The lowest BCUT2D eigenvalue weighted by atomic mass is 9.76. The van der Waals surface area contributed by atoms with E-state index in [2.05, 4.69) is 6.92 Å². The number of carbonyl (C=O) groups is 1. The summed E-state index contributed by atoms with van der Waals surface area (Å²) in [5.74, 6) is 0.535. The molecule has 0 aliphatic heterocycles. The molecular formula is C17H23FO2. The van der Waals surface area contributed by atoms with Crippen molar-refractivity contribution in [2.75, 3.05) is 6.61 Å². The lowest BCUT2D eigenvalue weighted by molar-refractivity contribution is -0.149. The van der Waals surface area contributed by atoms with E-state index >= 15 is 0 Å². The summed E-state index contributed by atoms with van der Waals surface area (Å²) in [6.45, 7) is 4.72. The number of rotatable bonds is 5. The molecule has 1 aromatic rings. The minimum absolute atomic E-state index is 0.137. The van der Waals surface area contributed by atoms with Crippen LogP contribution in [0, 0.1) is 11.7 Å². The lowest BCUT2D eigenvalue weighted by Gasteiger charge is -2.38. The molecule has 1 fully saturated rings. The van der Waals surface area contributed by atoms with Gasteiger partial charge in [-0.3, -0.25) is 4.79 Å². The van der Waals surface area contributed by atoms with Crippen LogP contribution in [0.4, 0.5) is 4.39 Å². The number of Topliss-reactive ketones (excluding diaryl/α,β-unsaturated/α-hetero) is 1. The van der Waals surface area contributed by atoms with Crippen LogP contribution < -0.4 is 0 Å². The van der Waals surface area contributed by atoms with Gasteiger partial charge in [-0.1, -0.05) is 19.1 Å². The molecule has 0 aromatic heterocycles. The Balaban J connectivity index is 2.09. The molecule has 3 heteroatoms. The molecule has 0 heterocycles. The first kappa shape index (κ1) is 15.2. The Kier molecular flexibility index (Phi) is 4.92. The zero-order chi connectivity index (χ0) is 14.6. The van der Waals surface area contributed by atoms with Crippen molar-refractivity contribution < 1.29 is 13.9 Å². The zero-order valence-corrected chi connectivity index (χ0v) is 12.3. The highest BCUT2D eigenvalue weighted by molar-refractivity contribution is 5.89. The molecule has 0 radical (unpaired) electrons. The standard InChI is InChI=1S/C17H23FO2/c1-3-20-17(10-8-13(2)9-11-17)16(19)12-14-4-6-15(18)7-5-14/h4-7,13H,3,8-12H2,1-2H3. The van der Waals surface area contributed by atoms with Gasteiger partial charge in [0.1, 0.15) is 11.4 Å². The molecule has 0 N–H and O–H groups in total. The van der Waals surface area contributed by atoms with E-state index in [1.807, 2.05) is 6.92 Å². The van der Waals surface area contributed by atoms with Gasteiger partial charge in [-0.2, -0.15) is 0 Å². The van der Waals surface area contributed by atoms with Crippen LogP contribution in [0.25, 0.3) is 0 Å². The molecule has 0 unspecified atom stereocenters. The second-order valence-electron chi connectivity index (χ2n) is 5.84. The van der Waals surface area contributed by atoms with Crippen LogP contribution in [0.1, 0.15) is 45.1 Å². The summed E-state index contributed by atoms with van der Waals surface area (Å²) >= 11 is 0. The summed E-state index contributed by atoms with van der Waals surface area (Å²) in [4.78, 5) is 12.7. The van der Waals surface area contributed by atoms with Crippen LogP contribution in [-0.4, -0.2) is 18.0 Å². The van der Waals surface area contributed by atoms with Crippen molar-refractivity contribution >= 4 is 5.78 Å². The average Bonchev–Trinajstić information content (AvgIpc) is 2.44. The van der Waals surface area contributed by atoms with E-state index in [9.17, 15) is 9.18 Å². The molecule has 1 saturated carbocycles. The van der Waals surface area contributed by atoms with E-state index < -0.39 is 5.60 Å². The van der Waals surface area contributed by atoms with Gasteiger partial charge in [-0.15, -0.1) is 0 Å². The molecule has 0 bridgehead atoms. The second-order valence-corrected chi connectivity index (χ2v) is 5.84. The van der Waals surface area contributed by atoms with E-state index in [0.717, 1.165) is 31.2 Å². The number of halogens is 1. The zero-order valence-electron chi connectivity index (χ0n) is 12.3. The van der Waals surface area contributed by atoms with Crippen LogP contribution in [0.5, 0.6) is 0 Å². The number of hydrogen-bond donors (Lipinski definition) is 0. The van der Waals surface area contributed by atoms with Crippen molar-refractivity contribution in [2.24, 2.45) is 5.92 Å². The van der Waals surface area contributed by atoms with Crippen molar-refractivity contribution in [1.29, 1.82) is 0 Å². The van der Waals surface area contributed by atoms with Gasteiger partial charge in [-0.05, 0) is 56.2 Å². The quantitative estimate of drug-likeness (QED) is 0.816. The smallest absolute Gasteiger partial charge is 0.168 e. The minimum Gasteiger partial charge on any atom is -0.367 e. The summed E-state index contributed by atoms with van der Waals surface area (Å²) in [7, 11) is 0. The average molecular weight is 278 g/mol. The largest absolute Gasteiger partial charge is 0.367 e. The molecular weight excluding hydrogens is 255 g/mol. The van der Waals surface area contributed by atoms with E-state index in [0.29, 0.717) is 18.9 Å². The van der Waals surface area contributed by atoms with Crippen LogP contribution in [0.3, 0.4) is 0 Å². The van der Waals surface area contributed by atoms with Gasteiger partial charge in [0, 0.05) is 13.0 Å². The predicted molar refractivity (Wildman–Crippen MR) is 77.1 cm³/mol. The molecule has 1 aromatic carbocycles. The summed E-state index contributed by atoms with van der Waals surface area (Å²) in [6.07, 6.45) is 4.02. The lowest BCUT2D eigenvalue weighted by Crippen LogP contribution is -2.45. The molecule has 0 spiro atoms. The van der Waals surface area contributed by atoms with Crippen LogP contribution in [-0.2, 0) is 16.0 Å². The Labute approximate surface area is 120 Å². The van der Waals surface area contributed by atoms with Crippen molar-refractivity contribution in [1.82, 2.24) is 0 Å². The highest BCUT2D eigenvalue weighted by atomic mass is 19.1. The third-order valence-electron chi connectivity index (χ3n) is 4.29. The number of ketones is 1. The normalized spacial score (nSPS) is 26.4. The SMILES string of the molecule is CCOC1(C(=O)Cc2ccc(F)cc2)CCC(C)CC1. The minimum atomic E-state index is -0.615. The van der Waals surface area contributed by atoms with Crippen molar-refractivity contribution in [3.05, 3.63) is 35.6 Å². The Bertz CT molecular complexity index is 445. The molecule has 2 nitrogen and oxygen atoms in total. The summed E-state index contributed by atoms with van der Waals surface area (Å²) in [5, 5.41) is 0. The summed E-state index contributed by atoms with van der Waals surface area (Å²) in [5.41, 5.74) is 0.240. The fraction of sp³-hybridized carbons (Fsp3) is 0.588. The van der Waals surface area contributed by atoms with Crippen LogP contribution >= 0.6 is 0 Å². The third kappa shape index (κ3) is 3.45. The molecule has 1 aliphatic carbocycles. The Morgan fingerprint density at radius 1 is 1.30 bits per heavy atom. The van der Waals surface area contributed by atoms with E-state index in [1.165, 1.54) is 12.1 Å². The van der Waals surface area contributed by atoms with Crippen molar-refractivity contribution in [2.45, 2.75) is 51.6 Å². The number of hydrogen-bond acceptors (Lipinski definition) is 2. The van der Waals surface area contributed by atoms with E-state index in [-0.39, 0.29) is 11.6 Å². The van der Waals surface area contributed by atoms with E-state index in [4.69, 9.17) is 4.74 Å². The van der Waals surface area contributed by atoms with Crippen LogP contribution in [0.15, 0.2) is 24.3 Å². The molecule has 0 amide bonds. The van der Waals surface area contributed by atoms with Crippen LogP contribution in [0.2, 0.25) is 0 Å². The summed E-state index contributed by atoms with van der Waals surface area (Å²) < 4.78 is 18.8. The van der Waals surface area contributed by atoms with Gasteiger partial charge in [0.25, 0.3) is 0 Å². The maximum Gasteiger partial charge on any atom is 0.168 e. The first-order chi connectivity index (χ1) is 9.55. The molecule has 0 atom stereocenters. The predicted octanol–water partition coefficient (Wildman–Crippen LogP) is 3.92. The molecule has 110 valence electrons. The number of benzene rings is 1. The van der Waals surface area contributed by atoms with E-state index in [1.54, 1.807) is 12.1 Å². The first-order valence-corrected chi connectivity index (χ1v) is 7.47. The topological polar surface area (TPSA) is 26.3 Å². The fourth-order valence-corrected chi connectivity index (χ4v) is 2.96. The van der Waals surface area contributed by atoms with Gasteiger partial charge in [-0.25, -0.2) is 4.39 Å². The fourth-order valence-electron chi connectivity index (χ4n) is 2.96. The summed E-state index contributed by atoms with van der Waals surface area (Å²) in [6, 6.07) is 6.16. The second kappa shape index (κ2) is 6.49. The molecule has 1 aliphatic rings. The van der Waals surface area contributed by atoms with Crippen molar-refractivity contribution in [3.8, 4) is 0 Å². The maximum atomic E-state index is 12.9.